The Balaban J connectivity index is 2.13. The van der Waals surface area contributed by atoms with Crippen LogP contribution in [0.4, 0.5) is 0 Å². The third-order valence-corrected chi connectivity index (χ3v) is 2.80. The molecule has 0 aromatic carbocycles. The largest absolute Gasteiger partial charge is 0.0735 e. The summed E-state index contributed by atoms with van der Waals surface area (Å²) in [6.45, 7) is 0. The Kier molecular flexibility index (Phi) is 1.09. The fraction of sp³-hybridized carbons (Fsp3) is 0.167. The second kappa shape index (κ2) is 2.10. The van der Waals surface area contributed by atoms with Gasteiger partial charge in [0.1, 0.15) is 0 Å². The second-order valence-corrected chi connectivity index (χ2v) is 3.47. The highest BCUT2D eigenvalue weighted by Gasteiger charge is 2.26. The Morgan fingerprint density at radius 1 is 0.917 bits per heavy atom. The molecule has 0 N–H and O–H groups in total. The van der Waals surface area contributed by atoms with E-state index in [0.29, 0.717) is 11.8 Å². The zero-order valence-electron chi connectivity index (χ0n) is 6.77. The van der Waals surface area contributed by atoms with Crippen LogP contribution >= 0.6 is 0 Å². The highest BCUT2D eigenvalue weighted by Crippen LogP contribution is 2.39. The van der Waals surface area contributed by atoms with Crippen LogP contribution in [0, 0.1) is 11.8 Å². The van der Waals surface area contributed by atoms with Crippen LogP contribution in [0.25, 0.3) is 0 Å². The summed E-state index contributed by atoms with van der Waals surface area (Å²) in [4.78, 5) is 0. The number of hydrogen-bond acceptors (Lipinski definition) is 0. The Hall–Kier alpha value is -1.30. The van der Waals surface area contributed by atoms with Crippen LogP contribution in [0.3, 0.4) is 0 Å². The maximum absolute atomic E-state index is 2.28. The van der Waals surface area contributed by atoms with Crippen molar-refractivity contribution in [1.29, 1.82) is 0 Å². The van der Waals surface area contributed by atoms with Gasteiger partial charge in [-0.25, -0.2) is 0 Å². The fourth-order valence-corrected chi connectivity index (χ4v) is 2.16. The monoisotopic (exact) mass is 154 g/mol. The summed E-state index contributed by atoms with van der Waals surface area (Å²) in [5.41, 5.74) is 2.98. The first-order valence-corrected chi connectivity index (χ1v) is 4.40. The lowest BCUT2D eigenvalue weighted by Crippen LogP contribution is -2.10. The average Bonchev–Trinajstić information content (AvgIpc) is 2.71. The molecule has 3 aliphatic carbocycles. The summed E-state index contributed by atoms with van der Waals surface area (Å²) < 4.78 is 0. The Labute approximate surface area is 72.3 Å². The summed E-state index contributed by atoms with van der Waals surface area (Å²) in [5, 5.41) is 0. The molecule has 12 heavy (non-hydrogen) atoms. The minimum absolute atomic E-state index is 0.579. The van der Waals surface area contributed by atoms with Crippen molar-refractivity contribution < 1.29 is 0 Å². The van der Waals surface area contributed by atoms with Crippen molar-refractivity contribution in [3.05, 3.63) is 59.8 Å². The molecule has 58 valence electrons. The number of allylic oxidation sites excluding steroid dienone is 10. The van der Waals surface area contributed by atoms with E-state index in [-0.39, 0.29) is 0 Å². The molecule has 0 fully saturated rings. The van der Waals surface area contributed by atoms with E-state index in [9.17, 15) is 0 Å². The van der Waals surface area contributed by atoms with Gasteiger partial charge in [0, 0.05) is 11.8 Å². The van der Waals surface area contributed by atoms with E-state index in [0.717, 1.165) is 0 Å². The Bertz CT molecular complexity index is 361. The number of rotatable bonds is 0. The SMILES string of the molecule is C1=CC2C=CC3=CC=CC3C2=C1. The first-order chi connectivity index (χ1) is 5.95. The van der Waals surface area contributed by atoms with Gasteiger partial charge in [-0.05, 0) is 11.1 Å². The van der Waals surface area contributed by atoms with Crippen molar-refractivity contribution in [2.45, 2.75) is 0 Å². The van der Waals surface area contributed by atoms with Crippen LogP contribution in [-0.2, 0) is 0 Å². The molecule has 2 unspecified atom stereocenters. The number of hydrogen-bond donors (Lipinski definition) is 0. The molecule has 0 saturated carbocycles. The minimum atomic E-state index is 0.579. The molecule has 2 atom stereocenters. The van der Waals surface area contributed by atoms with Crippen molar-refractivity contribution in [1.82, 2.24) is 0 Å². The standard InChI is InChI=1S/C12H10/c1-3-9-7-8-10-4-2-6-12(10)11(9)5-1/h1-9,12H. The van der Waals surface area contributed by atoms with Gasteiger partial charge in [-0.1, -0.05) is 48.6 Å². The maximum Gasteiger partial charge on any atom is 0.0243 e. The smallest absolute Gasteiger partial charge is 0.0243 e. The van der Waals surface area contributed by atoms with Crippen LogP contribution in [0.15, 0.2) is 59.8 Å². The second-order valence-electron chi connectivity index (χ2n) is 3.47. The van der Waals surface area contributed by atoms with Crippen molar-refractivity contribution in [3.8, 4) is 0 Å². The maximum atomic E-state index is 2.28. The van der Waals surface area contributed by atoms with Gasteiger partial charge >= 0.3 is 0 Å². The van der Waals surface area contributed by atoms with Crippen LogP contribution < -0.4 is 0 Å². The molecule has 0 aliphatic heterocycles. The summed E-state index contributed by atoms with van der Waals surface area (Å²) in [7, 11) is 0. The first kappa shape index (κ1) is 6.24. The van der Waals surface area contributed by atoms with Crippen LogP contribution in [0.1, 0.15) is 0 Å². The molecular weight excluding hydrogens is 144 g/mol. The summed E-state index contributed by atoms with van der Waals surface area (Å²) in [5.74, 6) is 1.16. The van der Waals surface area contributed by atoms with E-state index < -0.39 is 0 Å². The molecule has 0 amide bonds. The first-order valence-electron chi connectivity index (χ1n) is 4.40. The van der Waals surface area contributed by atoms with E-state index in [1.165, 1.54) is 11.1 Å². The van der Waals surface area contributed by atoms with Crippen LogP contribution in [0.2, 0.25) is 0 Å². The minimum Gasteiger partial charge on any atom is -0.0735 e. The van der Waals surface area contributed by atoms with Gasteiger partial charge in [0.25, 0.3) is 0 Å². The summed E-state index contributed by atoms with van der Waals surface area (Å²) in [6.07, 6.45) is 17.9. The van der Waals surface area contributed by atoms with Gasteiger partial charge in [-0.3, -0.25) is 0 Å². The van der Waals surface area contributed by atoms with E-state index in [4.69, 9.17) is 0 Å². The quantitative estimate of drug-likeness (QED) is 0.503. The zero-order chi connectivity index (χ0) is 7.97. The van der Waals surface area contributed by atoms with E-state index in [1.807, 2.05) is 0 Å². The molecular formula is C12H10. The third-order valence-electron chi connectivity index (χ3n) is 2.80. The Morgan fingerprint density at radius 2 is 1.83 bits per heavy atom. The van der Waals surface area contributed by atoms with Crippen molar-refractivity contribution in [2.24, 2.45) is 11.8 Å². The van der Waals surface area contributed by atoms with E-state index >= 15 is 0 Å². The van der Waals surface area contributed by atoms with Crippen LogP contribution in [-0.4, -0.2) is 0 Å². The average molecular weight is 154 g/mol. The molecule has 0 heteroatoms. The highest BCUT2D eigenvalue weighted by atomic mass is 14.3. The molecule has 3 rings (SSSR count). The topological polar surface area (TPSA) is 0 Å². The lowest BCUT2D eigenvalue weighted by molar-refractivity contribution is 0.792. The molecule has 0 aromatic rings. The lowest BCUT2D eigenvalue weighted by Gasteiger charge is -2.22. The van der Waals surface area contributed by atoms with Gasteiger partial charge in [-0.15, -0.1) is 0 Å². The summed E-state index contributed by atoms with van der Waals surface area (Å²) in [6, 6.07) is 0. The van der Waals surface area contributed by atoms with Crippen molar-refractivity contribution >= 4 is 0 Å². The van der Waals surface area contributed by atoms with Gasteiger partial charge in [0.15, 0.2) is 0 Å². The van der Waals surface area contributed by atoms with Gasteiger partial charge in [0.2, 0.25) is 0 Å². The van der Waals surface area contributed by atoms with Gasteiger partial charge in [0.05, 0.1) is 0 Å². The molecule has 3 aliphatic rings. The highest BCUT2D eigenvalue weighted by molar-refractivity contribution is 5.51. The predicted molar refractivity (Wildman–Crippen MR) is 50.6 cm³/mol. The third kappa shape index (κ3) is 0.672. The van der Waals surface area contributed by atoms with Crippen molar-refractivity contribution in [2.75, 3.05) is 0 Å². The molecule has 0 heterocycles. The normalized spacial score (nSPS) is 34.7. The molecule has 0 aromatic heterocycles. The Morgan fingerprint density at radius 3 is 2.83 bits per heavy atom. The van der Waals surface area contributed by atoms with E-state index in [1.54, 1.807) is 0 Å². The number of fused-ring (bicyclic) bond motifs is 3. The fourth-order valence-electron chi connectivity index (χ4n) is 2.16. The molecule has 0 radical (unpaired) electrons. The molecule has 0 spiro atoms. The molecule has 0 nitrogen and oxygen atoms in total. The van der Waals surface area contributed by atoms with Crippen molar-refractivity contribution in [3.63, 3.8) is 0 Å². The molecule has 0 bridgehead atoms. The van der Waals surface area contributed by atoms with Crippen LogP contribution in [0.5, 0.6) is 0 Å². The van der Waals surface area contributed by atoms with E-state index in [2.05, 4.69) is 48.6 Å². The predicted octanol–water partition coefficient (Wildman–Crippen LogP) is 2.78. The van der Waals surface area contributed by atoms with Gasteiger partial charge in [-0.2, -0.15) is 0 Å². The lowest BCUT2D eigenvalue weighted by atomic mass is 9.82. The molecule has 0 saturated heterocycles. The summed E-state index contributed by atoms with van der Waals surface area (Å²) >= 11 is 0. The zero-order valence-corrected chi connectivity index (χ0v) is 6.77. The van der Waals surface area contributed by atoms with Gasteiger partial charge < -0.3 is 0 Å².